The number of carbonyl (C=O) groups is 2. The van der Waals surface area contributed by atoms with Gasteiger partial charge in [0.15, 0.2) is 0 Å². The third-order valence-electron chi connectivity index (χ3n) is 5.14. The molecule has 28 heavy (non-hydrogen) atoms. The van der Waals surface area contributed by atoms with E-state index in [-0.39, 0.29) is 24.3 Å². The fourth-order valence-electron chi connectivity index (χ4n) is 3.73. The topological polar surface area (TPSA) is 66.7 Å². The molecule has 0 aliphatic carbocycles. The van der Waals surface area contributed by atoms with Gasteiger partial charge in [0.25, 0.3) is 5.91 Å². The monoisotopic (exact) mass is 374 g/mol. The fraction of sp³-hybridized carbons (Fsp3) is 0.227. The van der Waals surface area contributed by atoms with Gasteiger partial charge in [-0.05, 0) is 11.6 Å². The van der Waals surface area contributed by atoms with Crippen molar-refractivity contribution in [2.75, 3.05) is 13.1 Å². The molecule has 1 saturated heterocycles. The summed E-state index contributed by atoms with van der Waals surface area (Å²) in [6.45, 7) is 0.582. The van der Waals surface area contributed by atoms with Crippen LogP contribution in [0.1, 0.15) is 23.5 Å². The van der Waals surface area contributed by atoms with Gasteiger partial charge in [0.05, 0.1) is 6.21 Å². The number of likely N-dealkylation sites (tertiary alicyclic amines) is 1. The number of hydrazone groups is 1. The molecule has 1 atom stereocenters. The maximum Gasteiger partial charge on any atom is 0.259 e. The first-order chi connectivity index (χ1) is 13.6. The summed E-state index contributed by atoms with van der Waals surface area (Å²) in [6.07, 6.45) is 4.05. The standard InChI is InChI=1S/C22H22N4O2/c1-25-13-18(19-9-5-6-10-20(19)25)12-23-24-21(27)15-26-14-17(11-22(26)28)16-7-3-2-4-8-16/h2-10,12-13,17H,11,14-15H2,1H3,(H,24,27)/b23-12-/t17-/m0/s1. The minimum Gasteiger partial charge on any atom is -0.350 e. The number of nitrogens with one attached hydrogen (secondary N) is 1. The minimum atomic E-state index is -0.293. The van der Waals surface area contributed by atoms with Crippen molar-refractivity contribution in [1.29, 1.82) is 0 Å². The Hall–Kier alpha value is -3.41. The summed E-state index contributed by atoms with van der Waals surface area (Å²) in [5, 5.41) is 5.15. The number of carbonyl (C=O) groups excluding carboxylic acids is 2. The smallest absolute Gasteiger partial charge is 0.259 e. The second kappa shape index (κ2) is 7.68. The zero-order valence-corrected chi connectivity index (χ0v) is 15.7. The normalized spacial score (nSPS) is 17.0. The molecule has 0 radical (unpaired) electrons. The first-order valence-corrected chi connectivity index (χ1v) is 9.30. The second-order valence-corrected chi connectivity index (χ2v) is 7.09. The van der Waals surface area contributed by atoms with Crippen molar-refractivity contribution in [1.82, 2.24) is 14.9 Å². The number of amides is 2. The zero-order valence-electron chi connectivity index (χ0n) is 15.7. The zero-order chi connectivity index (χ0) is 19.5. The van der Waals surface area contributed by atoms with Gasteiger partial charge in [-0.25, -0.2) is 5.43 Å². The van der Waals surface area contributed by atoms with Crippen molar-refractivity contribution >= 4 is 28.9 Å². The van der Waals surface area contributed by atoms with Crippen LogP contribution in [0.2, 0.25) is 0 Å². The quantitative estimate of drug-likeness (QED) is 0.551. The second-order valence-electron chi connectivity index (χ2n) is 7.09. The third-order valence-corrected chi connectivity index (χ3v) is 5.14. The van der Waals surface area contributed by atoms with Gasteiger partial charge in [-0.1, -0.05) is 48.5 Å². The highest BCUT2D eigenvalue weighted by Gasteiger charge is 2.31. The van der Waals surface area contributed by atoms with Crippen molar-refractivity contribution in [2.45, 2.75) is 12.3 Å². The van der Waals surface area contributed by atoms with E-state index in [1.807, 2.05) is 72.4 Å². The van der Waals surface area contributed by atoms with Gasteiger partial charge in [0.2, 0.25) is 5.91 Å². The average Bonchev–Trinajstić information content (AvgIpc) is 3.23. The van der Waals surface area contributed by atoms with E-state index >= 15 is 0 Å². The van der Waals surface area contributed by atoms with Crippen LogP contribution in [0.5, 0.6) is 0 Å². The van der Waals surface area contributed by atoms with E-state index in [1.165, 1.54) is 0 Å². The number of fused-ring (bicyclic) bond motifs is 1. The number of benzene rings is 2. The number of hydrogen-bond acceptors (Lipinski definition) is 3. The molecule has 3 aromatic rings. The highest BCUT2D eigenvalue weighted by Crippen LogP contribution is 2.27. The van der Waals surface area contributed by atoms with Crippen LogP contribution < -0.4 is 5.43 Å². The van der Waals surface area contributed by atoms with Gasteiger partial charge >= 0.3 is 0 Å². The van der Waals surface area contributed by atoms with Crippen molar-refractivity contribution in [3.8, 4) is 0 Å². The molecule has 0 unspecified atom stereocenters. The lowest BCUT2D eigenvalue weighted by atomic mass is 9.99. The van der Waals surface area contributed by atoms with Crippen LogP contribution in [0.4, 0.5) is 0 Å². The SMILES string of the molecule is Cn1cc(/C=N\NC(=O)CN2C[C@@H](c3ccccc3)CC2=O)c2ccccc21. The molecule has 1 fully saturated rings. The third kappa shape index (κ3) is 3.67. The number of nitrogens with zero attached hydrogens (tertiary/aromatic N) is 3. The summed E-state index contributed by atoms with van der Waals surface area (Å²) in [5.41, 5.74) is 5.70. The predicted molar refractivity (Wildman–Crippen MR) is 109 cm³/mol. The Bertz CT molecular complexity index is 1040. The molecule has 2 aromatic carbocycles. The molecule has 1 aromatic heterocycles. The Morgan fingerprint density at radius 3 is 2.75 bits per heavy atom. The predicted octanol–water partition coefficient (Wildman–Crippen LogP) is 2.64. The first kappa shape index (κ1) is 18.0. The average molecular weight is 374 g/mol. The lowest BCUT2D eigenvalue weighted by Gasteiger charge is -2.15. The van der Waals surface area contributed by atoms with Crippen LogP contribution >= 0.6 is 0 Å². The van der Waals surface area contributed by atoms with Crippen molar-refractivity contribution in [2.24, 2.45) is 12.1 Å². The van der Waals surface area contributed by atoms with Gasteiger partial charge in [0, 0.05) is 48.6 Å². The largest absolute Gasteiger partial charge is 0.350 e. The molecular formula is C22H22N4O2. The Morgan fingerprint density at radius 1 is 1.18 bits per heavy atom. The van der Waals surface area contributed by atoms with Gasteiger partial charge in [-0.2, -0.15) is 5.10 Å². The summed E-state index contributed by atoms with van der Waals surface area (Å²) in [6, 6.07) is 18.0. The summed E-state index contributed by atoms with van der Waals surface area (Å²) in [7, 11) is 1.97. The van der Waals surface area contributed by atoms with Crippen LogP contribution in [0, 0.1) is 0 Å². The van der Waals surface area contributed by atoms with Gasteiger partial charge in [-0.3, -0.25) is 9.59 Å². The highest BCUT2D eigenvalue weighted by atomic mass is 16.2. The van der Waals surface area contributed by atoms with Crippen molar-refractivity contribution in [3.05, 3.63) is 71.9 Å². The minimum absolute atomic E-state index is 0.00189. The molecule has 1 aliphatic rings. The molecule has 1 N–H and O–H groups in total. The van der Waals surface area contributed by atoms with Gasteiger partial charge < -0.3 is 9.47 Å². The van der Waals surface area contributed by atoms with Crippen LogP contribution in [0.3, 0.4) is 0 Å². The molecule has 142 valence electrons. The number of aromatic nitrogens is 1. The van der Waals surface area contributed by atoms with E-state index in [1.54, 1.807) is 11.1 Å². The number of hydrogen-bond donors (Lipinski definition) is 1. The molecular weight excluding hydrogens is 352 g/mol. The molecule has 6 nitrogen and oxygen atoms in total. The van der Waals surface area contributed by atoms with E-state index in [2.05, 4.69) is 10.5 Å². The first-order valence-electron chi connectivity index (χ1n) is 9.30. The Labute approximate surface area is 163 Å². The van der Waals surface area contributed by atoms with E-state index in [9.17, 15) is 9.59 Å². The Kier molecular flexibility index (Phi) is 4.93. The van der Waals surface area contributed by atoms with Crippen LogP contribution in [-0.2, 0) is 16.6 Å². The molecule has 0 bridgehead atoms. The molecule has 2 heterocycles. The van der Waals surface area contributed by atoms with E-state index in [4.69, 9.17) is 0 Å². The van der Waals surface area contributed by atoms with Gasteiger partial charge in [0.1, 0.15) is 6.54 Å². The maximum atomic E-state index is 12.2. The molecule has 0 saturated carbocycles. The maximum absolute atomic E-state index is 12.2. The summed E-state index contributed by atoms with van der Waals surface area (Å²) in [4.78, 5) is 26.1. The van der Waals surface area contributed by atoms with Crippen LogP contribution in [0.15, 0.2) is 65.9 Å². The molecule has 0 spiro atoms. The molecule has 1 aliphatic heterocycles. The number of aryl methyl sites for hydroxylation is 1. The van der Waals surface area contributed by atoms with E-state index in [0.717, 1.165) is 22.0 Å². The molecule has 4 rings (SSSR count). The van der Waals surface area contributed by atoms with E-state index in [0.29, 0.717) is 13.0 Å². The van der Waals surface area contributed by atoms with Crippen LogP contribution in [0.25, 0.3) is 10.9 Å². The molecule has 2 amide bonds. The Morgan fingerprint density at radius 2 is 1.93 bits per heavy atom. The summed E-state index contributed by atoms with van der Waals surface area (Å²) in [5.74, 6) is -0.152. The van der Waals surface area contributed by atoms with E-state index < -0.39 is 0 Å². The van der Waals surface area contributed by atoms with Crippen molar-refractivity contribution < 1.29 is 9.59 Å². The van der Waals surface area contributed by atoms with Crippen LogP contribution in [-0.4, -0.2) is 40.6 Å². The van der Waals surface area contributed by atoms with Gasteiger partial charge in [-0.15, -0.1) is 0 Å². The summed E-state index contributed by atoms with van der Waals surface area (Å²) < 4.78 is 2.02. The Balaban J connectivity index is 1.35. The molecule has 6 heteroatoms. The summed E-state index contributed by atoms with van der Waals surface area (Å²) >= 11 is 0. The fourth-order valence-corrected chi connectivity index (χ4v) is 3.73. The lowest BCUT2D eigenvalue weighted by Crippen LogP contribution is -2.36. The highest BCUT2D eigenvalue weighted by molar-refractivity contribution is 5.99. The lowest BCUT2D eigenvalue weighted by molar-refractivity contribution is -0.133. The number of para-hydroxylation sites is 1. The van der Waals surface area contributed by atoms with Crippen molar-refractivity contribution in [3.63, 3.8) is 0 Å². The number of rotatable bonds is 5.